The summed E-state index contributed by atoms with van der Waals surface area (Å²) in [7, 11) is 1.84. The second-order valence-corrected chi connectivity index (χ2v) is 15.0. The minimum Gasteiger partial charge on any atom is -0.474 e. The molecule has 0 bridgehead atoms. The molecule has 1 aliphatic carbocycles. The van der Waals surface area contributed by atoms with Crippen LogP contribution in [0.4, 0.5) is 10.8 Å². The Morgan fingerprint density at radius 2 is 1.94 bits per heavy atom. The van der Waals surface area contributed by atoms with E-state index in [4.69, 9.17) is 4.74 Å². The van der Waals surface area contributed by atoms with Crippen LogP contribution in [0, 0.1) is 0 Å². The highest BCUT2D eigenvalue weighted by atomic mass is 32.2. The molecule has 14 nitrogen and oxygen atoms in total. The molecule has 2 saturated heterocycles. The fourth-order valence-corrected chi connectivity index (χ4v) is 8.09. The number of thiazole rings is 1. The van der Waals surface area contributed by atoms with Gasteiger partial charge in [0.2, 0.25) is 17.7 Å². The van der Waals surface area contributed by atoms with E-state index in [1.54, 1.807) is 40.3 Å². The molecular formula is C33H37N11O3S2. The average molecular weight is 700 g/mol. The number of hydrogen-bond acceptors (Lipinski definition) is 12. The second kappa shape index (κ2) is 13.1. The van der Waals surface area contributed by atoms with Crippen molar-refractivity contribution in [3.05, 3.63) is 49.1 Å². The largest absolute Gasteiger partial charge is 0.474 e. The maximum absolute atomic E-state index is 13.8. The Kier molecular flexibility index (Phi) is 8.45. The Morgan fingerprint density at radius 1 is 1.08 bits per heavy atom. The van der Waals surface area contributed by atoms with E-state index in [0.29, 0.717) is 69.6 Å². The number of hydrogen-bond donors (Lipinski definition) is 2. The molecule has 0 unspecified atom stereocenters. The van der Waals surface area contributed by atoms with Crippen molar-refractivity contribution in [2.24, 2.45) is 7.05 Å². The molecule has 49 heavy (non-hydrogen) atoms. The molecule has 4 aromatic heterocycles. The van der Waals surface area contributed by atoms with Gasteiger partial charge >= 0.3 is 0 Å². The number of pyridine rings is 1. The Labute approximate surface area is 291 Å². The number of aromatic amines is 1. The van der Waals surface area contributed by atoms with Crippen molar-refractivity contribution in [2.45, 2.75) is 30.1 Å². The lowest BCUT2D eigenvalue weighted by atomic mass is 10.1. The molecule has 1 atom stereocenters. The number of piperazine rings is 1. The van der Waals surface area contributed by atoms with Gasteiger partial charge in [-0.25, -0.2) is 15.0 Å². The van der Waals surface area contributed by atoms with Crippen LogP contribution in [-0.4, -0.2) is 119 Å². The molecule has 1 aromatic carbocycles. The molecule has 0 radical (unpaired) electrons. The summed E-state index contributed by atoms with van der Waals surface area (Å²) in [5.41, 5.74) is 3.20. The number of H-pyrrole nitrogens is 1. The van der Waals surface area contributed by atoms with Crippen molar-refractivity contribution in [3.8, 4) is 27.8 Å². The molecule has 0 spiro atoms. The number of fused-ring (bicyclic) bond motifs is 1. The van der Waals surface area contributed by atoms with Gasteiger partial charge in [-0.05, 0) is 49.8 Å². The molecule has 6 heterocycles. The van der Waals surface area contributed by atoms with E-state index in [1.165, 1.54) is 0 Å². The smallest absolute Gasteiger partial charge is 0.241 e. The summed E-state index contributed by atoms with van der Waals surface area (Å²) >= 11 is 3.11. The summed E-state index contributed by atoms with van der Waals surface area (Å²) in [4.78, 5) is 47.7. The van der Waals surface area contributed by atoms with E-state index in [2.05, 4.69) is 45.4 Å². The highest BCUT2D eigenvalue weighted by Gasteiger charge is 2.45. The first kappa shape index (κ1) is 31.7. The molecule has 3 fully saturated rings. The number of aryl methyl sites for hydroxylation is 1. The zero-order valence-corrected chi connectivity index (χ0v) is 29.0. The van der Waals surface area contributed by atoms with Gasteiger partial charge in [-0.2, -0.15) is 10.2 Å². The molecule has 3 aliphatic rings. The van der Waals surface area contributed by atoms with Crippen molar-refractivity contribution in [3.63, 3.8) is 0 Å². The third-order valence-corrected chi connectivity index (χ3v) is 11.7. The van der Waals surface area contributed by atoms with Gasteiger partial charge in [0.05, 0.1) is 23.1 Å². The van der Waals surface area contributed by atoms with Crippen LogP contribution < -0.4 is 15.0 Å². The van der Waals surface area contributed by atoms with Gasteiger partial charge in [0, 0.05) is 75.2 Å². The summed E-state index contributed by atoms with van der Waals surface area (Å²) in [5, 5.41) is 17.0. The molecule has 2 N–H and O–H groups in total. The maximum Gasteiger partial charge on any atom is 0.241 e. The lowest BCUT2D eigenvalue weighted by molar-refractivity contribution is -0.132. The standard InChI is InChI=1S/C33H37N11O3S2/c1-41-20-36-30(40-41)26-17-35-32(49-26)44-13-11-43(12-14-44)28(45)18-42-10-9-33(19-42,48-2)31(46)37-22-4-7-25-24(15-22)29(39-38-25)21-3-8-27(34-16-21)47-23-5-6-23/h3-4,7-8,15-17,20,23H,5-6,9-14,18-19H2,1-2H3,(H,37,46)(H,38,39)/t33-/m0/s1. The van der Waals surface area contributed by atoms with Gasteiger partial charge < -0.3 is 19.9 Å². The Balaban J connectivity index is 0.864. The van der Waals surface area contributed by atoms with Gasteiger partial charge in [0.15, 0.2) is 11.0 Å². The minimum absolute atomic E-state index is 0.0556. The summed E-state index contributed by atoms with van der Waals surface area (Å²) in [6.45, 7) is 4.17. The van der Waals surface area contributed by atoms with Crippen LogP contribution in [0.25, 0.3) is 32.9 Å². The molecule has 5 aromatic rings. The number of aromatic nitrogens is 7. The summed E-state index contributed by atoms with van der Waals surface area (Å²) < 4.78 is 6.81. The van der Waals surface area contributed by atoms with Crippen LogP contribution in [0.1, 0.15) is 19.3 Å². The van der Waals surface area contributed by atoms with E-state index < -0.39 is 4.75 Å². The van der Waals surface area contributed by atoms with Crippen LogP contribution in [0.3, 0.4) is 0 Å². The Morgan fingerprint density at radius 3 is 2.67 bits per heavy atom. The van der Waals surface area contributed by atoms with Crippen LogP contribution in [0.15, 0.2) is 49.1 Å². The number of carbonyl (C=O) groups is 2. The number of rotatable bonds is 10. The third kappa shape index (κ3) is 6.59. The summed E-state index contributed by atoms with van der Waals surface area (Å²) in [5.74, 6) is 1.33. The second-order valence-electron chi connectivity index (χ2n) is 12.8. The topological polar surface area (TPSA) is 150 Å². The number of anilines is 2. The Bertz CT molecular complexity index is 1980. The van der Waals surface area contributed by atoms with E-state index in [9.17, 15) is 9.59 Å². The first-order valence-corrected chi connectivity index (χ1v) is 18.4. The first-order valence-electron chi connectivity index (χ1n) is 16.4. The molecule has 2 aliphatic heterocycles. The molecule has 1 saturated carbocycles. The minimum atomic E-state index is -0.653. The van der Waals surface area contributed by atoms with Crippen LogP contribution in [0.2, 0.25) is 0 Å². The SMILES string of the molecule is CS[C@@]1(C(=O)Nc2ccc3[nH]nc(-c4ccc(OC5CC5)nc4)c3c2)CCN(CC(=O)N2CCN(c3ncc(-c4ncn(C)n4)s3)CC2)C1. The summed E-state index contributed by atoms with van der Waals surface area (Å²) in [6, 6.07) is 9.60. The fourth-order valence-electron chi connectivity index (χ4n) is 6.35. The number of ether oxygens (including phenoxy) is 1. The first-order chi connectivity index (χ1) is 23.9. The number of likely N-dealkylation sites (tertiary alicyclic amines) is 1. The van der Waals surface area contributed by atoms with Gasteiger partial charge in [0.25, 0.3) is 0 Å². The Hall–Kier alpha value is -4.54. The van der Waals surface area contributed by atoms with E-state index in [1.807, 2.05) is 54.7 Å². The van der Waals surface area contributed by atoms with E-state index in [-0.39, 0.29) is 17.9 Å². The van der Waals surface area contributed by atoms with Crippen LogP contribution in [0.5, 0.6) is 5.88 Å². The number of nitrogens with zero attached hydrogens (tertiary/aromatic N) is 9. The van der Waals surface area contributed by atoms with Gasteiger partial charge in [-0.3, -0.25) is 24.3 Å². The van der Waals surface area contributed by atoms with Crippen molar-refractivity contribution in [2.75, 3.05) is 62.3 Å². The molecule has 254 valence electrons. The van der Waals surface area contributed by atoms with Crippen molar-refractivity contribution >= 4 is 56.6 Å². The normalized spacial score (nSPS) is 19.9. The van der Waals surface area contributed by atoms with Crippen LogP contribution in [-0.2, 0) is 16.6 Å². The third-order valence-electron chi connectivity index (χ3n) is 9.33. The van der Waals surface area contributed by atoms with Crippen molar-refractivity contribution < 1.29 is 14.3 Å². The monoisotopic (exact) mass is 699 g/mol. The molecule has 2 amide bonds. The number of thioether (sulfide) groups is 1. The number of carbonyl (C=O) groups excluding carboxylic acids is 2. The van der Waals surface area contributed by atoms with E-state index >= 15 is 0 Å². The predicted molar refractivity (Wildman–Crippen MR) is 190 cm³/mol. The average Bonchev–Trinajstić information content (AvgIpc) is 3.52. The molecule has 16 heteroatoms. The van der Waals surface area contributed by atoms with Gasteiger partial charge in [0.1, 0.15) is 22.9 Å². The maximum atomic E-state index is 13.8. The lowest BCUT2D eigenvalue weighted by Crippen LogP contribution is -2.51. The van der Waals surface area contributed by atoms with Gasteiger partial charge in [-0.15, -0.1) is 11.8 Å². The van der Waals surface area contributed by atoms with Crippen molar-refractivity contribution in [1.82, 2.24) is 44.7 Å². The zero-order valence-electron chi connectivity index (χ0n) is 27.3. The summed E-state index contributed by atoms with van der Waals surface area (Å²) in [6.07, 6.45) is 10.3. The van der Waals surface area contributed by atoms with Crippen LogP contribution >= 0.6 is 23.1 Å². The van der Waals surface area contributed by atoms with Crippen molar-refractivity contribution in [1.29, 1.82) is 0 Å². The molecule has 8 rings (SSSR count). The fraction of sp³-hybridized carbons (Fsp3) is 0.424. The quantitative estimate of drug-likeness (QED) is 0.221. The predicted octanol–water partition coefficient (Wildman–Crippen LogP) is 3.51. The van der Waals surface area contributed by atoms with E-state index in [0.717, 1.165) is 45.0 Å². The number of benzene rings is 1. The number of amides is 2. The lowest BCUT2D eigenvalue weighted by Gasteiger charge is -2.35. The highest BCUT2D eigenvalue weighted by Crippen LogP contribution is 2.36. The molecular weight excluding hydrogens is 663 g/mol. The van der Waals surface area contributed by atoms with Gasteiger partial charge in [-0.1, -0.05) is 11.3 Å². The number of nitrogens with one attached hydrogen (secondary N) is 2. The zero-order chi connectivity index (χ0) is 33.5. The highest BCUT2D eigenvalue weighted by molar-refractivity contribution is 8.00.